The van der Waals surface area contributed by atoms with Crippen molar-refractivity contribution in [2.24, 2.45) is 0 Å². The second-order valence-corrected chi connectivity index (χ2v) is 3.33. The molecule has 0 aliphatic rings. The van der Waals surface area contributed by atoms with E-state index in [9.17, 15) is 9.59 Å². The van der Waals surface area contributed by atoms with Crippen LogP contribution in [0.15, 0.2) is 0 Å². The molecular formula is C10H19NO5. The van der Waals surface area contributed by atoms with Crippen molar-refractivity contribution in [3.05, 3.63) is 0 Å². The Labute approximate surface area is 94.9 Å². The maximum Gasteiger partial charge on any atom is 0.407 e. The fourth-order valence-electron chi connectivity index (χ4n) is 0.991. The SMILES string of the molecule is CCCCOC(=O)NCC(CC(=O)O)OC. The van der Waals surface area contributed by atoms with Gasteiger partial charge >= 0.3 is 12.1 Å². The first-order chi connectivity index (χ1) is 7.60. The Bertz CT molecular complexity index is 219. The predicted octanol–water partition coefficient (Wildman–Crippen LogP) is 1.00. The van der Waals surface area contributed by atoms with Gasteiger partial charge in [-0.3, -0.25) is 4.79 Å². The largest absolute Gasteiger partial charge is 0.481 e. The molecule has 0 aliphatic carbocycles. The Morgan fingerprint density at radius 1 is 1.44 bits per heavy atom. The summed E-state index contributed by atoms with van der Waals surface area (Å²) in [5.74, 6) is -0.965. The van der Waals surface area contributed by atoms with E-state index in [0.29, 0.717) is 6.61 Å². The molecule has 6 heteroatoms. The van der Waals surface area contributed by atoms with E-state index in [1.165, 1.54) is 7.11 Å². The third-order valence-corrected chi connectivity index (χ3v) is 1.94. The molecule has 0 spiro atoms. The molecular weight excluding hydrogens is 214 g/mol. The zero-order chi connectivity index (χ0) is 12.4. The summed E-state index contributed by atoms with van der Waals surface area (Å²) in [6, 6.07) is 0. The zero-order valence-electron chi connectivity index (χ0n) is 9.69. The molecule has 16 heavy (non-hydrogen) atoms. The maximum atomic E-state index is 11.1. The highest BCUT2D eigenvalue weighted by atomic mass is 16.5. The highest BCUT2D eigenvalue weighted by Gasteiger charge is 2.13. The van der Waals surface area contributed by atoms with Crippen LogP contribution in [0.25, 0.3) is 0 Å². The smallest absolute Gasteiger partial charge is 0.407 e. The summed E-state index contributed by atoms with van der Waals surface area (Å²) in [6.45, 7) is 2.50. The summed E-state index contributed by atoms with van der Waals surface area (Å²) < 4.78 is 9.72. The molecule has 1 unspecified atom stereocenters. The number of carboxylic acids is 1. The first kappa shape index (κ1) is 14.7. The molecule has 2 N–H and O–H groups in total. The van der Waals surface area contributed by atoms with E-state index in [4.69, 9.17) is 14.6 Å². The normalized spacial score (nSPS) is 11.9. The molecule has 0 fully saturated rings. The number of nitrogens with one attached hydrogen (secondary N) is 1. The van der Waals surface area contributed by atoms with Gasteiger partial charge < -0.3 is 19.9 Å². The van der Waals surface area contributed by atoms with Crippen LogP contribution in [0.3, 0.4) is 0 Å². The second kappa shape index (κ2) is 8.96. The average Bonchev–Trinajstić information content (AvgIpc) is 2.24. The molecule has 0 saturated carbocycles. The van der Waals surface area contributed by atoms with Gasteiger partial charge in [-0.2, -0.15) is 0 Å². The van der Waals surface area contributed by atoms with Gasteiger partial charge in [-0.1, -0.05) is 13.3 Å². The summed E-state index contributed by atoms with van der Waals surface area (Å²) in [6.07, 6.45) is 0.548. The summed E-state index contributed by atoms with van der Waals surface area (Å²) in [5, 5.41) is 11.0. The van der Waals surface area contributed by atoms with Gasteiger partial charge in [0.2, 0.25) is 0 Å². The number of alkyl carbamates (subject to hydrolysis) is 1. The standard InChI is InChI=1S/C10H19NO5/c1-3-4-5-16-10(14)11-7-8(15-2)6-9(12)13/h8H,3-7H2,1-2H3,(H,11,14)(H,12,13). The molecule has 0 aromatic rings. The van der Waals surface area contributed by atoms with E-state index in [0.717, 1.165) is 12.8 Å². The lowest BCUT2D eigenvalue weighted by Crippen LogP contribution is -2.34. The van der Waals surface area contributed by atoms with Crippen molar-refractivity contribution in [3.8, 4) is 0 Å². The van der Waals surface area contributed by atoms with Crippen LogP contribution in [0, 0.1) is 0 Å². The number of amides is 1. The van der Waals surface area contributed by atoms with E-state index in [1.54, 1.807) is 0 Å². The van der Waals surface area contributed by atoms with Crippen LogP contribution in [0.2, 0.25) is 0 Å². The number of rotatable bonds is 8. The first-order valence-corrected chi connectivity index (χ1v) is 5.25. The van der Waals surface area contributed by atoms with Crippen LogP contribution < -0.4 is 5.32 Å². The van der Waals surface area contributed by atoms with Crippen molar-refractivity contribution < 1.29 is 24.2 Å². The molecule has 0 aliphatic heterocycles. The van der Waals surface area contributed by atoms with Crippen LogP contribution in [-0.2, 0) is 14.3 Å². The monoisotopic (exact) mass is 233 g/mol. The number of unbranched alkanes of at least 4 members (excludes halogenated alkanes) is 1. The Balaban J connectivity index is 3.66. The minimum atomic E-state index is -0.965. The van der Waals surface area contributed by atoms with Gasteiger partial charge in [0.15, 0.2) is 0 Å². The van der Waals surface area contributed by atoms with Gasteiger partial charge in [0, 0.05) is 13.7 Å². The molecule has 0 radical (unpaired) electrons. The fourth-order valence-corrected chi connectivity index (χ4v) is 0.991. The summed E-state index contributed by atoms with van der Waals surface area (Å²) in [7, 11) is 1.40. The summed E-state index contributed by atoms with van der Waals surface area (Å²) in [5.41, 5.74) is 0. The second-order valence-electron chi connectivity index (χ2n) is 3.33. The third kappa shape index (κ3) is 8.05. The Morgan fingerprint density at radius 2 is 2.12 bits per heavy atom. The Hall–Kier alpha value is -1.30. The number of methoxy groups -OCH3 is 1. The van der Waals surface area contributed by atoms with E-state index in [-0.39, 0.29) is 13.0 Å². The lowest BCUT2D eigenvalue weighted by molar-refractivity contribution is -0.139. The van der Waals surface area contributed by atoms with Crippen molar-refractivity contribution in [3.63, 3.8) is 0 Å². The van der Waals surface area contributed by atoms with Crippen molar-refractivity contribution in [2.75, 3.05) is 20.3 Å². The first-order valence-electron chi connectivity index (χ1n) is 5.25. The van der Waals surface area contributed by atoms with Crippen molar-refractivity contribution >= 4 is 12.1 Å². The van der Waals surface area contributed by atoms with Crippen LogP contribution in [0.1, 0.15) is 26.2 Å². The fraction of sp³-hybridized carbons (Fsp3) is 0.800. The van der Waals surface area contributed by atoms with Gasteiger partial charge in [-0.25, -0.2) is 4.79 Å². The third-order valence-electron chi connectivity index (χ3n) is 1.94. The number of hydrogen-bond acceptors (Lipinski definition) is 4. The lowest BCUT2D eigenvalue weighted by Gasteiger charge is -2.13. The topological polar surface area (TPSA) is 84.9 Å². The Morgan fingerprint density at radius 3 is 2.62 bits per heavy atom. The lowest BCUT2D eigenvalue weighted by atomic mass is 10.2. The molecule has 1 atom stereocenters. The van der Waals surface area contributed by atoms with E-state index in [1.807, 2.05) is 6.92 Å². The molecule has 0 rings (SSSR count). The van der Waals surface area contributed by atoms with Gasteiger partial charge in [-0.15, -0.1) is 0 Å². The van der Waals surface area contributed by atoms with Crippen LogP contribution >= 0.6 is 0 Å². The molecule has 94 valence electrons. The number of carbonyl (C=O) groups excluding carboxylic acids is 1. The molecule has 0 bridgehead atoms. The molecule has 6 nitrogen and oxygen atoms in total. The average molecular weight is 233 g/mol. The molecule has 0 heterocycles. The van der Waals surface area contributed by atoms with Crippen molar-refractivity contribution in [1.29, 1.82) is 0 Å². The van der Waals surface area contributed by atoms with Crippen molar-refractivity contribution in [1.82, 2.24) is 5.32 Å². The van der Waals surface area contributed by atoms with Gasteiger partial charge in [0.1, 0.15) is 0 Å². The number of aliphatic carboxylic acids is 1. The summed E-state index contributed by atoms with van der Waals surface area (Å²) in [4.78, 5) is 21.5. The van der Waals surface area contributed by atoms with E-state index >= 15 is 0 Å². The number of carboxylic acid groups (broad SMARTS) is 1. The number of carbonyl (C=O) groups is 2. The summed E-state index contributed by atoms with van der Waals surface area (Å²) >= 11 is 0. The number of hydrogen-bond donors (Lipinski definition) is 2. The van der Waals surface area contributed by atoms with E-state index in [2.05, 4.69) is 5.32 Å². The van der Waals surface area contributed by atoms with Crippen LogP contribution in [0.4, 0.5) is 4.79 Å². The minimum absolute atomic E-state index is 0.133. The van der Waals surface area contributed by atoms with Crippen LogP contribution in [0.5, 0.6) is 0 Å². The van der Waals surface area contributed by atoms with Gasteiger partial charge in [0.05, 0.1) is 19.1 Å². The quantitative estimate of drug-likeness (QED) is 0.611. The Kier molecular flexibility index (Phi) is 8.24. The van der Waals surface area contributed by atoms with Crippen LogP contribution in [-0.4, -0.2) is 43.5 Å². The van der Waals surface area contributed by atoms with Gasteiger partial charge in [-0.05, 0) is 6.42 Å². The molecule has 0 saturated heterocycles. The highest BCUT2D eigenvalue weighted by molar-refractivity contribution is 5.68. The molecule has 0 aromatic heterocycles. The van der Waals surface area contributed by atoms with Gasteiger partial charge in [0.25, 0.3) is 0 Å². The molecule has 1 amide bonds. The maximum absolute atomic E-state index is 11.1. The predicted molar refractivity (Wildman–Crippen MR) is 57.3 cm³/mol. The van der Waals surface area contributed by atoms with Crippen molar-refractivity contribution in [2.45, 2.75) is 32.3 Å². The molecule has 0 aromatic carbocycles. The zero-order valence-corrected chi connectivity index (χ0v) is 9.69. The highest BCUT2D eigenvalue weighted by Crippen LogP contribution is 1.96. The minimum Gasteiger partial charge on any atom is -0.481 e. The van der Waals surface area contributed by atoms with E-state index < -0.39 is 18.2 Å². The number of ether oxygens (including phenoxy) is 2.